The SMILES string of the molecule is CN(Cc1cc(F)c(F)c(F)c1)C1COCC1C(=O)O. The summed E-state index contributed by atoms with van der Waals surface area (Å²) >= 11 is 0. The van der Waals surface area contributed by atoms with Gasteiger partial charge in [0.05, 0.1) is 19.1 Å². The van der Waals surface area contributed by atoms with Gasteiger partial charge in [-0.05, 0) is 24.7 Å². The first kappa shape index (κ1) is 14.8. The summed E-state index contributed by atoms with van der Waals surface area (Å²) in [5.74, 6) is -5.69. The lowest BCUT2D eigenvalue weighted by Gasteiger charge is -2.26. The molecule has 4 nitrogen and oxygen atoms in total. The maximum Gasteiger partial charge on any atom is 0.310 e. The van der Waals surface area contributed by atoms with Gasteiger partial charge in [-0.25, -0.2) is 13.2 Å². The number of likely N-dealkylation sites (N-methyl/N-ethyl adjacent to an activating group) is 1. The normalized spacial score (nSPS) is 22.4. The molecule has 0 bridgehead atoms. The van der Waals surface area contributed by atoms with Crippen LogP contribution in [0.3, 0.4) is 0 Å². The average molecular weight is 289 g/mol. The number of carboxylic acid groups (broad SMARTS) is 1. The van der Waals surface area contributed by atoms with Crippen LogP contribution in [0.2, 0.25) is 0 Å². The Hall–Kier alpha value is -1.60. The molecule has 0 radical (unpaired) electrons. The molecule has 20 heavy (non-hydrogen) atoms. The van der Waals surface area contributed by atoms with E-state index in [0.717, 1.165) is 12.1 Å². The summed E-state index contributed by atoms with van der Waals surface area (Å²) in [5.41, 5.74) is 0.236. The summed E-state index contributed by atoms with van der Waals surface area (Å²) in [7, 11) is 1.63. The van der Waals surface area contributed by atoms with Gasteiger partial charge in [-0.2, -0.15) is 0 Å². The molecule has 1 aromatic carbocycles. The maximum absolute atomic E-state index is 13.1. The third kappa shape index (κ3) is 2.94. The van der Waals surface area contributed by atoms with Crippen LogP contribution < -0.4 is 0 Å². The van der Waals surface area contributed by atoms with Crippen molar-refractivity contribution in [2.24, 2.45) is 5.92 Å². The Bertz CT molecular complexity index is 501. The predicted molar refractivity (Wildman–Crippen MR) is 63.5 cm³/mol. The molecule has 0 amide bonds. The molecule has 7 heteroatoms. The van der Waals surface area contributed by atoms with Crippen LogP contribution in [0.1, 0.15) is 5.56 Å². The molecule has 1 heterocycles. The Morgan fingerprint density at radius 2 is 1.95 bits per heavy atom. The molecule has 1 aromatic rings. The van der Waals surface area contributed by atoms with Crippen LogP contribution in [0.25, 0.3) is 0 Å². The standard InChI is InChI=1S/C13H14F3NO3/c1-17(11-6-20-5-8(11)13(18)19)4-7-2-9(14)12(16)10(15)3-7/h2-3,8,11H,4-6H2,1H3,(H,18,19). The average Bonchev–Trinajstić information content (AvgIpc) is 2.85. The van der Waals surface area contributed by atoms with E-state index >= 15 is 0 Å². The number of hydrogen-bond acceptors (Lipinski definition) is 3. The van der Waals surface area contributed by atoms with Gasteiger partial charge < -0.3 is 9.84 Å². The van der Waals surface area contributed by atoms with E-state index < -0.39 is 29.3 Å². The van der Waals surface area contributed by atoms with Crippen LogP contribution >= 0.6 is 0 Å². The second-order valence-corrected chi connectivity index (χ2v) is 4.84. The fourth-order valence-electron chi connectivity index (χ4n) is 2.32. The number of rotatable bonds is 4. The van der Waals surface area contributed by atoms with Crippen LogP contribution in [0.4, 0.5) is 13.2 Å². The van der Waals surface area contributed by atoms with Crippen molar-refractivity contribution < 1.29 is 27.8 Å². The Balaban J connectivity index is 2.11. The van der Waals surface area contributed by atoms with Gasteiger partial charge in [0.15, 0.2) is 17.5 Å². The van der Waals surface area contributed by atoms with Crippen molar-refractivity contribution in [3.63, 3.8) is 0 Å². The first-order valence-electron chi connectivity index (χ1n) is 6.04. The Morgan fingerprint density at radius 3 is 2.50 bits per heavy atom. The molecule has 2 unspecified atom stereocenters. The van der Waals surface area contributed by atoms with Crippen molar-refractivity contribution in [1.82, 2.24) is 4.90 Å². The van der Waals surface area contributed by atoms with Gasteiger partial charge in [0.1, 0.15) is 0 Å². The van der Waals surface area contributed by atoms with Crippen molar-refractivity contribution in [2.45, 2.75) is 12.6 Å². The van der Waals surface area contributed by atoms with E-state index in [1.54, 1.807) is 11.9 Å². The van der Waals surface area contributed by atoms with E-state index in [0.29, 0.717) is 0 Å². The lowest BCUT2D eigenvalue weighted by atomic mass is 10.0. The molecule has 1 saturated heterocycles. The Kier molecular flexibility index (Phi) is 4.29. The minimum atomic E-state index is -1.51. The van der Waals surface area contributed by atoms with Crippen molar-refractivity contribution in [3.05, 3.63) is 35.1 Å². The second-order valence-electron chi connectivity index (χ2n) is 4.84. The summed E-state index contributed by atoms with van der Waals surface area (Å²) in [5, 5.41) is 9.05. The molecule has 0 saturated carbocycles. The number of benzene rings is 1. The zero-order valence-electron chi connectivity index (χ0n) is 10.8. The molecular formula is C13H14F3NO3. The van der Waals surface area contributed by atoms with Crippen LogP contribution in [0.15, 0.2) is 12.1 Å². The fourth-order valence-corrected chi connectivity index (χ4v) is 2.32. The lowest BCUT2D eigenvalue weighted by Crippen LogP contribution is -2.40. The van der Waals surface area contributed by atoms with Crippen molar-refractivity contribution in [2.75, 3.05) is 20.3 Å². The monoisotopic (exact) mass is 289 g/mol. The van der Waals surface area contributed by atoms with Gasteiger partial charge in [0.25, 0.3) is 0 Å². The highest BCUT2D eigenvalue weighted by Gasteiger charge is 2.36. The minimum absolute atomic E-state index is 0.103. The number of nitrogens with zero attached hydrogens (tertiary/aromatic N) is 1. The Labute approximate surface area is 113 Å². The predicted octanol–water partition coefficient (Wildman–Crippen LogP) is 1.64. The Morgan fingerprint density at radius 1 is 1.35 bits per heavy atom. The zero-order valence-corrected chi connectivity index (χ0v) is 10.8. The van der Waals surface area contributed by atoms with Gasteiger partial charge in [0.2, 0.25) is 0 Å². The number of hydrogen-bond donors (Lipinski definition) is 1. The highest BCUT2D eigenvalue weighted by molar-refractivity contribution is 5.71. The molecule has 2 atom stereocenters. The fraction of sp³-hybridized carbons (Fsp3) is 0.462. The van der Waals surface area contributed by atoms with Gasteiger partial charge in [-0.3, -0.25) is 9.69 Å². The van der Waals surface area contributed by atoms with Gasteiger partial charge in [0, 0.05) is 12.6 Å². The third-order valence-corrected chi connectivity index (χ3v) is 3.41. The van der Waals surface area contributed by atoms with Crippen LogP contribution in [0, 0.1) is 23.4 Å². The van der Waals surface area contributed by atoms with Crippen molar-refractivity contribution in [1.29, 1.82) is 0 Å². The summed E-state index contributed by atoms with van der Waals surface area (Å²) in [6.45, 7) is 0.446. The first-order valence-corrected chi connectivity index (χ1v) is 6.04. The first-order chi connectivity index (χ1) is 9.40. The van der Waals surface area contributed by atoms with Crippen molar-refractivity contribution >= 4 is 5.97 Å². The second kappa shape index (κ2) is 5.80. The molecule has 0 aromatic heterocycles. The highest BCUT2D eigenvalue weighted by Crippen LogP contribution is 2.22. The molecule has 110 valence electrons. The molecule has 0 aliphatic carbocycles. The number of carbonyl (C=O) groups is 1. The topological polar surface area (TPSA) is 49.8 Å². The van der Waals surface area contributed by atoms with Gasteiger partial charge in [-0.15, -0.1) is 0 Å². The summed E-state index contributed by atoms with van der Waals surface area (Å²) in [6, 6.07) is 1.42. The van der Waals surface area contributed by atoms with Crippen LogP contribution in [0.5, 0.6) is 0 Å². The molecule has 1 aliphatic rings. The molecule has 1 aliphatic heterocycles. The molecule has 2 rings (SSSR count). The lowest BCUT2D eigenvalue weighted by molar-refractivity contribution is -0.143. The molecule has 1 fully saturated rings. The van der Waals surface area contributed by atoms with Gasteiger partial charge >= 0.3 is 5.97 Å². The summed E-state index contributed by atoms with van der Waals surface area (Å²) < 4.78 is 44.2. The molecule has 1 N–H and O–H groups in total. The molecular weight excluding hydrogens is 275 g/mol. The van der Waals surface area contributed by atoms with Crippen LogP contribution in [-0.4, -0.2) is 42.3 Å². The van der Waals surface area contributed by atoms with Crippen LogP contribution in [-0.2, 0) is 16.1 Å². The smallest absolute Gasteiger partial charge is 0.310 e. The van der Waals surface area contributed by atoms with Gasteiger partial charge in [-0.1, -0.05) is 0 Å². The minimum Gasteiger partial charge on any atom is -0.481 e. The third-order valence-electron chi connectivity index (χ3n) is 3.41. The largest absolute Gasteiger partial charge is 0.481 e. The van der Waals surface area contributed by atoms with E-state index in [-0.39, 0.29) is 31.4 Å². The summed E-state index contributed by atoms with van der Waals surface area (Å²) in [6.07, 6.45) is 0. The van der Waals surface area contributed by atoms with E-state index in [9.17, 15) is 18.0 Å². The number of ether oxygens (including phenoxy) is 1. The number of aliphatic carboxylic acids is 1. The molecule has 0 spiro atoms. The number of carboxylic acids is 1. The van der Waals surface area contributed by atoms with Crippen molar-refractivity contribution in [3.8, 4) is 0 Å². The van der Waals surface area contributed by atoms with E-state index in [1.807, 2.05) is 0 Å². The quantitative estimate of drug-likeness (QED) is 0.856. The highest BCUT2D eigenvalue weighted by atomic mass is 19.2. The zero-order chi connectivity index (χ0) is 14.9. The maximum atomic E-state index is 13.1. The van der Waals surface area contributed by atoms with E-state index in [4.69, 9.17) is 9.84 Å². The van der Waals surface area contributed by atoms with E-state index in [2.05, 4.69) is 0 Å². The summed E-state index contributed by atoms with van der Waals surface area (Å²) in [4.78, 5) is 12.7. The van der Waals surface area contributed by atoms with E-state index in [1.165, 1.54) is 0 Å². The number of halogens is 3.